The fourth-order valence-corrected chi connectivity index (χ4v) is 4.21. The molecular formula is C24H31N5O2. The van der Waals surface area contributed by atoms with Crippen LogP contribution in [0.2, 0.25) is 0 Å². The average molecular weight is 422 g/mol. The summed E-state index contributed by atoms with van der Waals surface area (Å²) in [6.07, 6.45) is 8.18. The molecule has 7 heteroatoms. The molecule has 31 heavy (non-hydrogen) atoms. The van der Waals surface area contributed by atoms with Crippen LogP contribution in [0, 0.1) is 0 Å². The van der Waals surface area contributed by atoms with E-state index in [1.807, 2.05) is 58.6 Å². The van der Waals surface area contributed by atoms with E-state index < -0.39 is 0 Å². The predicted molar refractivity (Wildman–Crippen MR) is 121 cm³/mol. The molecular weight excluding hydrogens is 390 g/mol. The molecule has 1 aromatic heterocycles. The Balaban J connectivity index is 1.25. The first-order valence-electron chi connectivity index (χ1n) is 11.3. The van der Waals surface area contributed by atoms with Crippen LogP contribution in [0.4, 0.5) is 10.5 Å². The summed E-state index contributed by atoms with van der Waals surface area (Å²) in [6.45, 7) is 5.64. The lowest BCUT2D eigenvalue weighted by molar-refractivity contribution is 0.0761. The molecule has 2 aromatic rings. The summed E-state index contributed by atoms with van der Waals surface area (Å²) in [5, 5.41) is 2.97. The lowest BCUT2D eigenvalue weighted by atomic mass is 10.1. The molecule has 2 aliphatic rings. The van der Waals surface area contributed by atoms with Gasteiger partial charge in [-0.3, -0.25) is 14.7 Å². The number of benzene rings is 1. The molecule has 3 heterocycles. The van der Waals surface area contributed by atoms with Crippen molar-refractivity contribution < 1.29 is 9.59 Å². The molecule has 4 rings (SSSR count). The van der Waals surface area contributed by atoms with E-state index in [0.717, 1.165) is 51.3 Å². The Hall–Kier alpha value is -2.93. The maximum Gasteiger partial charge on any atom is 0.321 e. The lowest BCUT2D eigenvalue weighted by Gasteiger charge is -2.34. The van der Waals surface area contributed by atoms with E-state index in [4.69, 9.17) is 0 Å². The summed E-state index contributed by atoms with van der Waals surface area (Å²) in [7, 11) is 0. The third-order valence-corrected chi connectivity index (χ3v) is 6.09. The highest BCUT2D eigenvalue weighted by Gasteiger charge is 2.22. The molecule has 1 aromatic carbocycles. The summed E-state index contributed by atoms with van der Waals surface area (Å²) in [4.78, 5) is 35.6. The highest BCUT2D eigenvalue weighted by Crippen LogP contribution is 2.16. The van der Waals surface area contributed by atoms with Gasteiger partial charge in [0.15, 0.2) is 0 Å². The molecule has 0 saturated carbocycles. The fourth-order valence-electron chi connectivity index (χ4n) is 4.21. The van der Waals surface area contributed by atoms with Crippen LogP contribution in [-0.4, -0.2) is 70.9 Å². The summed E-state index contributed by atoms with van der Waals surface area (Å²) in [6, 6.07) is 11.2. The number of rotatable bonds is 4. The number of carbonyl (C=O) groups excluding carboxylic acids is 2. The molecule has 7 nitrogen and oxygen atoms in total. The topological polar surface area (TPSA) is 68.8 Å². The quantitative estimate of drug-likeness (QED) is 0.821. The van der Waals surface area contributed by atoms with Crippen LogP contribution in [0.15, 0.2) is 48.8 Å². The third kappa shape index (κ3) is 5.82. The molecule has 2 fully saturated rings. The van der Waals surface area contributed by atoms with Crippen molar-refractivity contribution in [3.8, 4) is 0 Å². The van der Waals surface area contributed by atoms with Gasteiger partial charge >= 0.3 is 6.03 Å². The molecule has 2 saturated heterocycles. The number of carbonyl (C=O) groups is 2. The van der Waals surface area contributed by atoms with Crippen molar-refractivity contribution in [1.82, 2.24) is 19.7 Å². The zero-order chi connectivity index (χ0) is 21.5. The molecule has 0 radical (unpaired) electrons. The van der Waals surface area contributed by atoms with Gasteiger partial charge in [0.1, 0.15) is 0 Å². The minimum Gasteiger partial charge on any atom is -0.339 e. The van der Waals surface area contributed by atoms with Gasteiger partial charge in [0, 0.05) is 69.5 Å². The minimum atomic E-state index is -0.0878. The van der Waals surface area contributed by atoms with Crippen molar-refractivity contribution >= 4 is 17.6 Å². The van der Waals surface area contributed by atoms with E-state index in [1.165, 1.54) is 18.4 Å². The lowest BCUT2D eigenvalue weighted by Crippen LogP contribution is -2.49. The van der Waals surface area contributed by atoms with E-state index >= 15 is 0 Å². The van der Waals surface area contributed by atoms with Gasteiger partial charge < -0.3 is 15.1 Å². The van der Waals surface area contributed by atoms with Crippen molar-refractivity contribution in [2.45, 2.75) is 32.2 Å². The van der Waals surface area contributed by atoms with Crippen LogP contribution in [0.5, 0.6) is 0 Å². The van der Waals surface area contributed by atoms with E-state index in [1.54, 1.807) is 0 Å². The second-order valence-corrected chi connectivity index (χ2v) is 8.33. The number of nitrogens with zero attached hydrogens (tertiary/aromatic N) is 4. The Morgan fingerprint density at radius 1 is 0.774 bits per heavy atom. The number of hydrogen-bond donors (Lipinski definition) is 1. The molecule has 0 unspecified atom stereocenters. The molecule has 0 spiro atoms. The van der Waals surface area contributed by atoms with Gasteiger partial charge in [0.2, 0.25) is 0 Å². The number of anilines is 1. The average Bonchev–Trinajstić information content (AvgIpc) is 3.10. The first-order valence-corrected chi connectivity index (χ1v) is 11.3. The number of piperazine rings is 1. The van der Waals surface area contributed by atoms with Gasteiger partial charge in [-0.25, -0.2) is 4.79 Å². The first-order chi connectivity index (χ1) is 15.2. The first kappa shape index (κ1) is 21.3. The maximum atomic E-state index is 12.7. The zero-order valence-electron chi connectivity index (χ0n) is 18.0. The molecule has 0 atom stereocenters. The Labute approximate surface area is 184 Å². The number of nitrogens with one attached hydrogen (secondary N) is 1. The normalized spacial score (nSPS) is 17.8. The van der Waals surface area contributed by atoms with Crippen LogP contribution < -0.4 is 5.32 Å². The van der Waals surface area contributed by atoms with Crippen molar-refractivity contribution in [2.24, 2.45) is 0 Å². The van der Waals surface area contributed by atoms with E-state index in [0.29, 0.717) is 18.7 Å². The fraction of sp³-hybridized carbons (Fsp3) is 0.458. The number of likely N-dealkylation sites (tertiary alicyclic amines) is 1. The van der Waals surface area contributed by atoms with Gasteiger partial charge in [0.05, 0.1) is 0 Å². The van der Waals surface area contributed by atoms with Gasteiger partial charge in [-0.2, -0.15) is 0 Å². The SMILES string of the molecule is O=C(Nc1ccc(C(=O)N2CCCCCC2)cc1)N1CCN(Cc2ccncc2)CC1. The third-order valence-electron chi connectivity index (χ3n) is 6.09. The molecule has 2 aliphatic heterocycles. The second-order valence-electron chi connectivity index (χ2n) is 8.33. The Morgan fingerprint density at radius 3 is 2.06 bits per heavy atom. The van der Waals surface area contributed by atoms with Gasteiger partial charge in [0.25, 0.3) is 5.91 Å². The number of amides is 3. The van der Waals surface area contributed by atoms with Gasteiger partial charge in [-0.05, 0) is 54.8 Å². The molecule has 0 bridgehead atoms. The highest BCUT2D eigenvalue weighted by molar-refractivity contribution is 5.95. The largest absolute Gasteiger partial charge is 0.339 e. The molecule has 164 valence electrons. The Morgan fingerprint density at radius 2 is 1.42 bits per heavy atom. The Bertz CT molecular complexity index is 855. The van der Waals surface area contributed by atoms with Gasteiger partial charge in [-0.15, -0.1) is 0 Å². The number of urea groups is 1. The monoisotopic (exact) mass is 421 g/mol. The van der Waals surface area contributed by atoms with E-state index in [9.17, 15) is 9.59 Å². The van der Waals surface area contributed by atoms with Crippen molar-refractivity contribution in [1.29, 1.82) is 0 Å². The maximum absolute atomic E-state index is 12.7. The zero-order valence-corrected chi connectivity index (χ0v) is 18.0. The predicted octanol–water partition coefficient (Wildman–Crippen LogP) is 3.45. The summed E-state index contributed by atoms with van der Waals surface area (Å²) in [5.74, 6) is 0.0881. The van der Waals surface area contributed by atoms with Crippen molar-refractivity contribution in [3.63, 3.8) is 0 Å². The van der Waals surface area contributed by atoms with E-state index in [-0.39, 0.29) is 11.9 Å². The minimum absolute atomic E-state index is 0.0878. The molecule has 0 aliphatic carbocycles. The molecule has 3 amide bonds. The van der Waals surface area contributed by atoms with Crippen LogP contribution in [0.25, 0.3) is 0 Å². The van der Waals surface area contributed by atoms with Gasteiger partial charge in [-0.1, -0.05) is 12.8 Å². The van der Waals surface area contributed by atoms with Crippen LogP contribution in [0.1, 0.15) is 41.6 Å². The summed E-state index contributed by atoms with van der Waals surface area (Å²) in [5.41, 5.74) is 2.64. The van der Waals surface area contributed by atoms with Crippen LogP contribution in [-0.2, 0) is 6.54 Å². The van der Waals surface area contributed by atoms with Crippen LogP contribution >= 0.6 is 0 Å². The number of pyridine rings is 1. The van der Waals surface area contributed by atoms with Crippen LogP contribution in [0.3, 0.4) is 0 Å². The number of aromatic nitrogens is 1. The smallest absolute Gasteiger partial charge is 0.321 e. The standard InChI is InChI=1S/C24H31N5O2/c30-23(28-13-3-1-2-4-14-28)21-5-7-22(8-6-21)26-24(31)29-17-15-27(16-18-29)19-20-9-11-25-12-10-20/h5-12H,1-4,13-19H2,(H,26,31). The van der Waals surface area contributed by atoms with E-state index in [2.05, 4.69) is 15.2 Å². The summed E-state index contributed by atoms with van der Waals surface area (Å²) >= 11 is 0. The highest BCUT2D eigenvalue weighted by atomic mass is 16.2. The van der Waals surface area contributed by atoms with Crippen molar-refractivity contribution in [3.05, 3.63) is 59.9 Å². The number of hydrogen-bond acceptors (Lipinski definition) is 4. The molecule has 1 N–H and O–H groups in total. The summed E-state index contributed by atoms with van der Waals surface area (Å²) < 4.78 is 0. The second kappa shape index (κ2) is 10.4. The Kier molecular flexibility index (Phi) is 7.14. The van der Waals surface area contributed by atoms with Crippen molar-refractivity contribution in [2.75, 3.05) is 44.6 Å².